The Bertz CT molecular complexity index is 1420. The van der Waals surface area contributed by atoms with Crippen molar-refractivity contribution in [2.45, 2.75) is 13.3 Å². The van der Waals surface area contributed by atoms with Crippen molar-refractivity contribution < 1.29 is 23.8 Å². The molecule has 1 N–H and O–H groups in total. The molecule has 0 atom stereocenters. The number of benzene rings is 3. The Morgan fingerprint density at radius 3 is 2.29 bits per heavy atom. The van der Waals surface area contributed by atoms with Crippen LogP contribution in [0, 0.1) is 0 Å². The summed E-state index contributed by atoms with van der Waals surface area (Å²) in [6, 6.07) is 22.2. The van der Waals surface area contributed by atoms with Gasteiger partial charge in [-0.05, 0) is 73.5 Å². The zero-order valence-corrected chi connectivity index (χ0v) is 22.9. The lowest BCUT2D eigenvalue weighted by Gasteiger charge is -2.11. The van der Waals surface area contributed by atoms with Crippen molar-refractivity contribution in [3.63, 3.8) is 0 Å². The molecule has 0 unspecified atom stereocenters. The molecule has 4 rings (SSSR count). The van der Waals surface area contributed by atoms with Crippen LogP contribution in [0.25, 0.3) is 16.9 Å². The van der Waals surface area contributed by atoms with Crippen LogP contribution in [0.5, 0.6) is 11.5 Å². The molecule has 1 aromatic heterocycles. The smallest absolute Gasteiger partial charge is 0.358 e. The van der Waals surface area contributed by atoms with Gasteiger partial charge in [0, 0.05) is 22.1 Å². The third-order valence-electron chi connectivity index (χ3n) is 5.86. The third kappa shape index (κ3) is 6.23. The van der Waals surface area contributed by atoms with Gasteiger partial charge in [0.2, 0.25) is 0 Å². The van der Waals surface area contributed by atoms with Crippen LogP contribution in [0.2, 0.25) is 0 Å². The van der Waals surface area contributed by atoms with Crippen LogP contribution in [0.15, 0.2) is 77.3 Å². The van der Waals surface area contributed by atoms with Crippen LogP contribution >= 0.6 is 15.9 Å². The molecule has 0 spiro atoms. The van der Waals surface area contributed by atoms with E-state index in [1.165, 1.54) is 0 Å². The number of nitrogens with one attached hydrogen (secondary N) is 1. The van der Waals surface area contributed by atoms with Crippen molar-refractivity contribution in [1.82, 2.24) is 15.1 Å². The molecule has 9 heteroatoms. The van der Waals surface area contributed by atoms with Crippen molar-refractivity contribution in [2.24, 2.45) is 0 Å². The van der Waals surface area contributed by atoms with Gasteiger partial charge in [-0.15, -0.1) is 0 Å². The number of hydrogen-bond acceptors (Lipinski definition) is 6. The fraction of sp³-hybridized carbons (Fsp3) is 0.207. The van der Waals surface area contributed by atoms with Gasteiger partial charge in [0.15, 0.2) is 17.2 Å². The van der Waals surface area contributed by atoms with Crippen molar-refractivity contribution in [2.75, 3.05) is 27.4 Å². The van der Waals surface area contributed by atoms with Gasteiger partial charge in [0.05, 0.1) is 32.2 Å². The van der Waals surface area contributed by atoms with Crippen LogP contribution in [-0.4, -0.2) is 49.0 Å². The summed E-state index contributed by atoms with van der Waals surface area (Å²) < 4.78 is 18.4. The minimum absolute atomic E-state index is 0.183. The van der Waals surface area contributed by atoms with E-state index < -0.39 is 5.97 Å². The molecule has 0 fully saturated rings. The molecule has 3 aromatic carbocycles. The summed E-state index contributed by atoms with van der Waals surface area (Å²) in [6.45, 7) is 2.48. The lowest BCUT2D eigenvalue weighted by atomic mass is 10.1. The summed E-state index contributed by atoms with van der Waals surface area (Å²) in [7, 11) is 3.19. The quantitative estimate of drug-likeness (QED) is 0.251. The van der Waals surface area contributed by atoms with E-state index in [4.69, 9.17) is 14.2 Å². The standard InChI is InChI=1S/C29H28BrN3O5/c1-4-38-29(35)24-18-25(20-6-10-22(30)11-7-20)33(32-24)23-12-8-21(9-13-23)28(34)31-16-15-19-5-14-26(36-2)27(17-19)37-3/h5-14,17-18H,4,15-16H2,1-3H3,(H,31,34). The SMILES string of the molecule is CCOC(=O)c1cc(-c2ccc(Br)cc2)n(-c2ccc(C(=O)NCCc3ccc(OC)c(OC)c3)cc2)n1. The normalized spacial score (nSPS) is 10.6. The van der Waals surface area contributed by atoms with Gasteiger partial charge in [-0.1, -0.05) is 34.1 Å². The zero-order chi connectivity index (χ0) is 27.1. The van der Waals surface area contributed by atoms with E-state index in [0.29, 0.717) is 35.7 Å². The summed E-state index contributed by atoms with van der Waals surface area (Å²) >= 11 is 3.45. The molecule has 8 nitrogen and oxygen atoms in total. The molecular weight excluding hydrogens is 550 g/mol. The molecule has 0 saturated heterocycles. The predicted octanol–water partition coefficient (Wildman–Crippen LogP) is 5.47. The first-order valence-corrected chi connectivity index (χ1v) is 12.9. The predicted molar refractivity (Wildman–Crippen MR) is 148 cm³/mol. The minimum atomic E-state index is -0.491. The maximum atomic E-state index is 12.7. The van der Waals surface area contributed by atoms with Crippen molar-refractivity contribution in [3.8, 4) is 28.4 Å². The number of ether oxygens (including phenoxy) is 3. The van der Waals surface area contributed by atoms with Gasteiger partial charge in [-0.25, -0.2) is 9.48 Å². The molecule has 4 aromatic rings. The number of esters is 1. The molecule has 0 aliphatic rings. The molecule has 0 bridgehead atoms. The molecule has 0 radical (unpaired) electrons. The average molecular weight is 578 g/mol. The Labute approximate surface area is 229 Å². The molecule has 0 aliphatic carbocycles. The zero-order valence-electron chi connectivity index (χ0n) is 21.4. The van der Waals surface area contributed by atoms with Gasteiger partial charge in [-0.3, -0.25) is 4.79 Å². The number of halogens is 1. The first kappa shape index (κ1) is 26.9. The van der Waals surface area contributed by atoms with Crippen molar-refractivity contribution in [3.05, 3.63) is 94.1 Å². The second kappa shape index (κ2) is 12.4. The maximum absolute atomic E-state index is 12.7. The lowest BCUT2D eigenvalue weighted by Crippen LogP contribution is -2.25. The van der Waals surface area contributed by atoms with E-state index in [-0.39, 0.29) is 18.2 Å². The molecule has 0 aliphatic heterocycles. The van der Waals surface area contributed by atoms with Gasteiger partial charge >= 0.3 is 5.97 Å². The highest BCUT2D eigenvalue weighted by molar-refractivity contribution is 9.10. The Balaban J connectivity index is 1.49. The summed E-state index contributed by atoms with van der Waals surface area (Å²) in [5.74, 6) is 0.641. The summed E-state index contributed by atoms with van der Waals surface area (Å²) in [5.41, 5.74) is 4.07. The second-order valence-electron chi connectivity index (χ2n) is 8.30. The Morgan fingerprint density at radius 1 is 0.921 bits per heavy atom. The van der Waals surface area contributed by atoms with Crippen LogP contribution in [0.4, 0.5) is 0 Å². The number of methoxy groups -OCH3 is 2. The Morgan fingerprint density at radius 2 is 1.63 bits per heavy atom. The second-order valence-corrected chi connectivity index (χ2v) is 9.21. The molecule has 1 heterocycles. The highest BCUT2D eigenvalue weighted by Crippen LogP contribution is 2.28. The number of amides is 1. The van der Waals surface area contributed by atoms with E-state index >= 15 is 0 Å². The number of carbonyl (C=O) groups is 2. The highest BCUT2D eigenvalue weighted by Gasteiger charge is 2.18. The number of hydrogen-bond donors (Lipinski definition) is 1. The number of rotatable bonds is 10. The van der Waals surface area contributed by atoms with Crippen LogP contribution < -0.4 is 14.8 Å². The highest BCUT2D eigenvalue weighted by atomic mass is 79.9. The van der Waals surface area contributed by atoms with Crippen LogP contribution in [0.3, 0.4) is 0 Å². The fourth-order valence-electron chi connectivity index (χ4n) is 3.92. The average Bonchev–Trinajstić information content (AvgIpc) is 3.39. The summed E-state index contributed by atoms with van der Waals surface area (Å²) in [6.07, 6.45) is 0.644. The molecular formula is C29H28BrN3O5. The van der Waals surface area contributed by atoms with Crippen LogP contribution in [0.1, 0.15) is 33.3 Å². The molecule has 196 valence electrons. The minimum Gasteiger partial charge on any atom is -0.493 e. The van der Waals surface area contributed by atoms with Gasteiger partial charge in [0.25, 0.3) is 5.91 Å². The topological polar surface area (TPSA) is 91.7 Å². The van der Waals surface area contributed by atoms with E-state index in [2.05, 4.69) is 26.3 Å². The van der Waals surface area contributed by atoms with Crippen molar-refractivity contribution >= 4 is 27.8 Å². The third-order valence-corrected chi connectivity index (χ3v) is 6.38. The monoisotopic (exact) mass is 577 g/mol. The Hall–Kier alpha value is -4.11. The van der Waals surface area contributed by atoms with E-state index in [0.717, 1.165) is 21.3 Å². The molecule has 38 heavy (non-hydrogen) atoms. The molecule has 1 amide bonds. The van der Waals surface area contributed by atoms with Gasteiger partial charge in [-0.2, -0.15) is 5.10 Å². The van der Waals surface area contributed by atoms with Crippen LogP contribution in [-0.2, 0) is 11.2 Å². The largest absolute Gasteiger partial charge is 0.493 e. The van der Waals surface area contributed by atoms with Gasteiger partial charge < -0.3 is 19.5 Å². The maximum Gasteiger partial charge on any atom is 0.358 e. The summed E-state index contributed by atoms with van der Waals surface area (Å²) in [4.78, 5) is 25.1. The number of carbonyl (C=O) groups excluding carboxylic acids is 2. The van der Waals surface area contributed by atoms with Gasteiger partial charge in [0.1, 0.15) is 0 Å². The van der Waals surface area contributed by atoms with E-state index in [1.807, 2.05) is 42.5 Å². The van der Waals surface area contributed by atoms with E-state index in [1.54, 1.807) is 56.2 Å². The first-order chi connectivity index (χ1) is 18.4. The first-order valence-electron chi connectivity index (χ1n) is 12.1. The van der Waals surface area contributed by atoms with Crippen molar-refractivity contribution in [1.29, 1.82) is 0 Å². The fourth-order valence-corrected chi connectivity index (χ4v) is 4.19. The molecule has 0 saturated carbocycles. The number of nitrogens with zero attached hydrogens (tertiary/aromatic N) is 2. The summed E-state index contributed by atoms with van der Waals surface area (Å²) in [5, 5.41) is 7.44. The lowest BCUT2D eigenvalue weighted by molar-refractivity contribution is 0.0518. The Kier molecular flexibility index (Phi) is 8.81. The van der Waals surface area contributed by atoms with E-state index in [9.17, 15) is 9.59 Å². The number of aromatic nitrogens is 2.